The molecule has 3 rings (SSSR count). The van der Waals surface area contributed by atoms with E-state index in [1.807, 2.05) is 30.3 Å². The van der Waals surface area contributed by atoms with Crippen molar-refractivity contribution in [2.45, 2.75) is 0 Å². The van der Waals surface area contributed by atoms with Crippen molar-refractivity contribution in [3.8, 4) is 5.75 Å². The predicted molar refractivity (Wildman–Crippen MR) is 110 cm³/mol. The van der Waals surface area contributed by atoms with E-state index in [1.165, 1.54) is 11.8 Å². The zero-order valence-electron chi connectivity index (χ0n) is 15.7. The number of methoxy groups -OCH3 is 1. The molecule has 1 saturated heterocycles. The highest BCUT2D eigenvalue weighted by atomic mass is 32.2. The van der Waals surface area contributed by atoms with Crippen LogP contribution in [0.3, 0.4) is 0 Å². The summed E-state index contributed by atoms with van der Waals surface area (Å²) in [6.07, 6.45) is 1.77. The lowest BCUT2D eigenvalue weighted by molar-refractivity contribution is -0.307. The lowest BCUT2D eigenvalue weighted by Gasteiger charge is -2.14. The highest BCUT2D eigenvalue weighted by Crippen LogP contribution is 2.34. The Labute approximate surface area is 172 Å². The third-order valence-corrected chi connectivity index (χ3v) is 4.93. The van der Waals surface area contributed by atoms with Gasteiger partial charge >= 0.3 is 0 Å². The van der Waals surface area contributed by atoms with E-state index in [2.05, 4.69) is 4.99 Å². The summed E-state index contributed by atoms with van der Waals surface area (Å²) in [4.78, 5) is 30.1. The van der Waals surface area contributed by atoms with Crippen LogP contribution >= 0.6 is 11.8 Å². The molecule has 0 atom stereocenters. The Morgan fingerprint density at radius 2 is 1.90 bits per heavy atom. The lowest BCUT2D eigenvalue weighted by Crippen LogP contribution is -2.32. The van der Waals surface area contributed by atoms with E-state index in [0.717, 1.165) is 11.3 Å². The molecule has 1 aliphatic heterocycles. The third kappa shape index (κ3) is 5.69. The van der Waals surface area contributed by atoms with Crippen molar-refractivity contribution in [1.82, 2.24) is 4.90 Å². The number of hydrogen-bond acceptors (Lipinski definition) is 7. The second-order valence-corrected chi connectivity index (χ2v) is 7.03. The van der Waals surface area contributed by atoms with Gasteiger partial charge in [-0.05, 0) is 47.7 Å². The minimum Gasteiger partial charge on any atom is -0.546 e. The summed E-state index contributed by atoms with van der Waals surface area (Å²) in [7, 11) is 1.59. The quantitative estimate of drug-likeness (QED) is 0.618. The molecule has 1 heterocycles. The van der Waals surface area contributed by atoms with Crippen LogP contribution in [0.25, 0.3) is 6.08 Å². The largest absolute Gasteiger partial charge is 0.546 e. The summed E-state index contributed by atoms with van der Waals surface area (Å²) in [5, 5.41) is 11.1. The standard InChI is InChI=1S/C21H20N2O5S/c1-27-12-11-23-20(26)18(29-21(23)22-16-5-3-2-4-6-16)13-15-7-9-17(10-8-15)28-14-19(24)25/h2-10,13H,11-12,14H2,1H3,(H,24,25)/p-1/b18-13-,22-21?. The second-order valence-electron chi connectivity index (χ2n) is 6.02. The number of carbonyl (C=O) groups excluding carboxylic acids is 2. The summed E-state index contributed by atoms with van der Waals surface area (Å²) in [5.41, 5.74) is 1.55. The third-order valence-electron chi connectivity index (χ3n) is 3.92. The van der Waals surface area contributed by atoms with E-state index >= 15 is 0 Å². The predicted octanol–water partition coefficient (Wildman–Crippen LogP) is 2.07. The molecule has 0 aromatic heterocycles. The first-order chi connectivity index (χ1) is 14.1. The van der Waals surface area contributed by atoms with Gasteiger partial charge in [0.2, 0.25) is 0 Å². The van der Waals surface area contributed by atoms with Gasteiger partial charge in [-0.25, -0.2) is 4.99 Å². The number of aliphatic carboxylic acids is 1. The fourth-order valence-electron chi connectivity index (χ4n) is 2.54. The molecule has 0 unspecified atom stereocenters. The maximum Gasteiger partial charge on any atom is 0.266 e. The van der Waals surface area contributed by atoms with Gasteiger partial charge in [0, 0.05) is 7.11 Å². The average Bonchev–Trinajstić information content (AvgIpc) is 3.01. The van der Waals surface area contributed by atoms with Crippen molar-refractivity contribution >= 4 is 40.6 Å². The number of amidine groups is 1. The minimum atomic E-state index is -1.29. The smallest absolute Gasteiger partial charge is 0.266 e. The molecule has 0 radical (unpaired) electrons. The Hall–Kier alpha value is -3.10. The van der Waals surface area contributed by atoms with Gasteiger partial charge < -0.3 is 19.4 Å². The normalized spacial score (nSPS) is 16.6. The summed E-state index contributed by atoms with van der Waals surface area (Å²) in [6.45, 7) is 0.293. The summed E-state index contributed by atoms with van der Waals surface area (Å²) in [6, 6.07) is 16.2. The molecule has 1 aliphatic rings. The fraction of sp³-hybridized carbons (Fsp3) is 0.190. The molecule has 2 aromatic carbocycles. The molecule has 8 heteroatoms. The van der Waals surface area contributed by atoms with Crippen LogP contribution in [-0.2, 0) is 14.3 Å². The molecule has 0 N–H and O–H groups in total. The van der Waals surface area contributed by atoms with Crippen molar-refractivity contribution < 1.29 is 24.2 Å². The summed E-state index contributed by atoms with van der Waals surface area (Å²) in [5.74, 6) is -1.01. The van der Waals surface area contributed by atoms with Crippen molar-refractivity contribution in [1.29, 1.82) is 0 Å². The number of carboxylic acid groups (broad SMARTS) is 1. The number of thioether (sulfide) groups is 1. The molecule has 29 heavy (non-hydrogen) atoms. The highest BCUT2D eigenvalue weighted by molar-refractivity contribution is 8.18. The zero-order valence-corrected chi connectivity index (χ0v) is 16.6. The Balaban J connectivity index is 1.80. The number of nitrogens with zero attached hydrogens (tertiary/aromatic N) is 2. The van der Waals surface area contributed by atoms with Gasteiger partial charge in [-0.3, -0.25) is 9.69 Å². The van der Waals surface area contributed by atoms with Gasteiger partial charge in [0.15, 0.2) is 5.17 Å². The van der Waals surface area contributed by atoms with E-state index < -0.39 is 12.6 Å². The Bertz CT molecular complexity index is 926. The van der Waals surface area contributed by atoms with Crippen LogP contribution in [-0.4, -0.2) is 48.8 Å². The number of para-hydroxylation sites is 1. The number of benzene rings is 2. The molecule has 2 aromatic rings. The molecule has 0 aliphatic carbocycles. The number of carbonyl (C=O) groups is 2. The van der Waals surface area contributed by atoms with Gasteiger partial charge in [0.1, 0.15) is 12.4 Å². The molecule has 1 fully saturated rings. The topological polar surface area (TPSA) is 91.3 Å². The van der Waals surface area contributed by atoms with E-state index in [9.17, 15) is 14.7 Å². The number of carboxylic acids is 1. The summed E-state index contributed by atoms with van der Waals surface area (Å²) >= 11 is 1.30. The minimum absolute atomic E-state index is 0.140. The van der Waals surface area contributed by atoms with E-state index in [4.69, 9.17) is 9.47 Å². The Kier molecular flexibility index (Phi) is 7.04. The van der Waals surface area contributed by atoms with Gasteiger partial charge in [0.25, 0.3) is 5.91 Å². The van der Waals surface area contributed by atoms with Gasteiger partial charge in [0.05, 0.1) is 29.7 Å². The molecule has 7 nitrogen and oxygen atoms in total. The molecule has 0 bridgehead atoms. The highest BCUT2D eigenvalue weighted by Gasteiger charge is 2.33. The molecular weight excluding hydrogens is 392 g/mol. The molecule has 150 valence electrons. The molecule has 0 saturated carbocycles. The number of amides is 1. The van der Waals surface area contributed by atoms with Crippen LogP contribution < -0.4 is 9.84 Å². The van der Waals surface area contributed by atoms with E-state index in [1.54, 1.807) is 42.4 Å². The number of hydrogen-bond donors (Lipinski definition) is 0. The maximum atomic E-state index is 12.9. The van der Waals surface area contributed by atoms with E-state index in [-0.39, 0.29) is 5.91 Å². The SMILES string of the molecule is COCCN1C(=O)/C(=C/c2ccc(OCC(=O)[O-])cc2)SC1=Nc1ccccc1. The van der Waals surface area contributed by atoms with Crippen molar-refractivity contribution in [3.05, 3.63) is 65.1 Å². The number of ether oxygens (including phenoxy) is 2. The van der Waals surface area contributed by atoms with Crippen molar-refractivity contribution in [2.75, 3.05) is 26.9 Å². The van der Waals surface area contributed by atoms with Gasteiger partial charge in [-0.15, -0.1) is 0 Å². The lowest BCUT2D eigenvalue weighted by atomic mass is 10.2. The summed E-state index contributed by atoms with van der Waals surface area (Å²) < 4.78 is 10.2. The van der Waals surface area contributed by atoms with Gasteiger partial charge in [-0.1, -0.05) is 30.3 Å². The first kappa shape index (κ1) is 20.6. The first-order valence-electron chi connectivity index (χ1n) is 8.83. The Morgan fingerprint density at radius 1 is 1.17 bits per heavy atom. The zero-order chi connectivity index (χ0) is 20.6. The van der Waals surface area contributed by atoms with Crippen LogP contribution in [0.15, 0.2) is 64.5 Å². The Morgan fingerprint density at radius 3 is 2.55 bits per heavy atom. The number of rotatable bonds is 8. The monoisotopic (exact) mass is 411 g/mol. The van der Waals surface area contributed by atoms with Gasteiger partial charge in [-0.2, -0.15) is 0 Å². The van der Waals surface area contributed by atoms with Crippen LogP contribution in [0.1, 0.15) is 5.56 Å². The van der Waals surface area contributed by atoms with Crippen LogP contribution in [0, 0.1) is 0 Å². The second kappa shape index (κ2) is 9.90. The van der Waals surface area contributed by atoms with E-state index in [0.29, 0.717) is 29.0 Å². The average molecular weight is 411 g/mol. The molecular formula is C21H19N2O5S-. The maximum absolute atomic E-state index is 12.9. The van der Waals surface area contributed by atoms with Crippen molar-refractivity contribution in [3.63, 3.8) is 0 Å². The van der Waals surface area contributed by atoms with Crippen molar-refractivity contribution in [2.24, 2.45) is 4.99 Å². The number of aliphatic imine (C=N–C) groups is 1. The fourth-order valence-corrected chi connectivity index (χ4v) is 3.56. The molecule has 0 spiro atoms. The van der Waals surface area contributed by atoms with Crippen LogP contribution in [0.4, 0.5) is 5.69 Å². The molecule has 1 amide bonds. The first-order valence-corrected chi connectivity index (χ1v) is 9.65. The van der Waals surface area contributed by atoms with Crippen LogP contribution in [0.5, 0.6) is 5.75 Å². The van der Waals surface area contributed by atoms with Crippen LogP contribution in [0.2, 0.25) is 0 Å².